The largest absolute Gasteiger partial charge is 0.396 e. The third-order valence-corrected chi connectivity index (χ3v) is 2.98. The van der Waals surface area contributed by atoms with E-state index in [-0.39, 0.29) is 19.3 Å². The Balaban J connectivity index is 2.50. The second kappa shape index (κ2) is 6.48. The molecule has 6 N–H and O–H groups in total. The number of ether oxygens (including phenoxy) is 1. The lowest BCUT2D eigenvalue weighted by molar-refractivity contribution is -0.190. The summed E-state index contributed by atoms with van der Waals surface area (Å²) in [7, 11) is 0. The fourth-order valence-corrected chi connectivity index (χ4v) is 1.93. The number of hydrogen-bond donors (Lipinski definition) is 5. The fourth-order valence-electron chi connectivity index (χ4n) is 1.93. The molecule has 0 aliphatic carbocycles. The van der Waals surface area contributed by atoms with E-state index in [1.807, 2.05) is 0 Å². The summed E-state index contributed by atoms with van der Waals surface area (Å²) in [6, 6.07) is -0.656. The van der Waals surface area contributed by atoms with Crippen LogP contribution in [0.3, 0.4) is 0 Å². The van der Waals surface area contributed by atoms with Crippen molar-refractivity contribution in [1.29, 1.82) is 0 Å². The van der Waals surface area contributed by atoms with E-state index in [1.54, 1.807) is 0 Å². The van der Waals surface area contributed by atoms with Crippen LogP contribution in [0.15, 0.2) is 0 Å². The summed E-state index contributed by atoms with van der Waals surface area (Å²) in [5, 5.41) is 36.8. The van der Waals surface area contributed by atoms with Crippen molar-refractivity contribution in [2.45, 2.75) is 49.7 Å². The summed E-state index contributed by atoms with van der Waals surface area (Å²) in [5.41, 5.74) is 5.73. The SMILES string of the molecule is NC1C(CCCCO)OC(CO)C(O)C1O. The highest BCUT2D eigenvalue weighted by Gasteiger charge is 2.41. The zero-order valence-corrected chi connectivity index (χ0v) is 9.20. The Morgan fingerprint density at radius 1 is 1.00 bits per heavy atom. The fraction of sp³-hybridized carbons (Fsp3) is 1.00. The Bertz CT molecular complexity index is 202. The Hall–Kier alpha value is -0.240. The zero-order chi connectivity index (χ0) is 12.1. The Labute approximate surface area is 94.6 Å². The van der Waals surface area contributed by atoms with Crippen molar-refractivity contribution in [3.63, 3.8) is 0 Å². The van der Waals surface area contributed by atoms with E-state index in [0.717, 1.165) is 6.42 Å². The summed E-state index contributed by atoms with van der Waals surface area (Å²) in [5.74, 6) is 0. The van der Waals surface area contributed by atoms with Crippen LogP contribution in [0.25, 0.3) is 0 Å². The van der Waals surface area contributed by atoms with Crippen LogP contribution in [0, 0.1) is 0 Å². The van der Waals surface area contributed by atoms with Gasteiger partial charge in [-0.05, 0) is 19.3 Å². The van der Waals surface area contributed by atoms with Crippen LogP contribution in [-0.4, -0.2) is 64.1 Å². The molecule has 1 aliphatic heterocycles. The average molecular weight is 235 g/mol. The van der Waals surface area contributed by atoms with Crippen LogP contribution in [0.1, 0.15) is 19.3 Å². The van der Waals surface area contributed by atoms with Gasteiger partial charge in [-0.25, -0.2) is 0 Å². The molecule has 6 nitrogen and oxygen atoms in total. The van der Waals surface area contributed by atoms with Gasteiger partial charge in [0.1, 0.15) is 18.3 Å². The van der Waals surface area contributed by atoms with Crippen molar-refractivity contribution < 1.29 is 25.2 Å². The highest BCUT2D eigenvalue weighted by atomic mass is 16.5. The first-order chi connectivity index (χ1) is 7.61. The quantitative estimate of drug-likeness (QED) is 0.350. The highest BCUT2D eigenvalue weighted by Crippen LogP contribution is 2.23. The van der Waals surface area contributed by atoms with Gasteiger partial charge in [-0.3, -0.25) is 0 Å². The number of aliphatic hydroxyl groups is 4. The lowest BCUT2D eigenvalue weighted by Crippen LogP contribution is -2.61. The van der Waals surface area contributed by atoms with Crippen molar-refractivity contribution in [1.82, 2.24) is 0 Å². The lowest BCUT2D eigenvalue weighted by atomic mass is 9.91. The smallest absolute Gasteiger partial charge is 0.110 e. The van der Waals surface area contributed by atoms with Gasteiger partial charge in [0.05, 0.1) is 18.8 Å². The molecule has 1 rings (SSSR count). The first-order valence-corrected chi connectivity index (χ1v) is 5.60. The minimum atomic E-state index is -1.14. The molecule has 0 spiro atoms. The first-order valence-electron chi connectivity index (χ1n) is 5.60. The highest BCUT2D eigenvalue weighted by molar-refractivity contribution is 4.94. The third-order valence-electron chi connectivity index (χ3n) is 2.98. The van der Waals surface area contributed by atoms with Crippen LogP contribution in [0.2, 0.25) is 0 Å². The molecule has 16 heavy (non-hydrogen) atoms. The normalized spacial score (nSPS) is 39.9. The van der Waals surface area contributed by atoms with Crippen molar-refractivity contribution in [2.24, 2.45) is 5.73 Å². The van der Waals surface area contributed by atoms with Crippen LogP contribution in [0.5, 0.6) is 0 Å². The molecule has 0 radical (unpaired) electrons. The molecular formula is C10H21NO5. The second-order valence-corrected chi connectivity index (χ2v) is 4.17. The Morgan fingerprint density at radius 2 is 1.69 bits per heavy atom. The van der Waals surface area contributed by atoms with Crippen molar-refractivity contribution in [3.05, 3.63) is 0 Å². The predicted octanol–water partition coefficient (Wildman–Crippen LogP) is -2.04. The van der Waals surface area contributed by atoms with Gasteiger partial charge in [0.15, 0.2) is 0 Å². The zero-order valence-electron chi connectivity index (χ0n) is 9.20. The van der Waals surface area contributed by atoms with Gasteiger partial charge in [0.25, 0.3) is 0 Å². The maximum absolute atomic E-state index is 9.66. The van der Waals surface area contributed by atoms with Gasteiger partial charge in [-0.1, -0.05) is 0 Å². The molecule has 0 aromatic heterocycles. The summed E-state index contributed by atoms with van der Waals surface area (Å²) >= 11 is 0. The third kappa shape index (κ3) is 3.13. The van der Waals surface area contributed by atoms with E-state index < -0.39 is 24.4 Å². The maximum atomic E-state index is 9.66. The standard InChI is InChI=1S/C10H21NO5/c11-8-6(3-1-2-4-12)16-7(5-13)9(14)10(8)15/h6-10,12-15H,1-5,11H2. The van der Waals surface area contributed by atoms with Crippen LogP contribution < -0.4 is 5.73 Å². The van der Waals surface area contributed by atoms with Crippen LogP contribution in [-0.2, 0) is 4.74 Å². The molecule has 1 saturated heterocycles. The van der Waals surface area contributed by atoms with Crippen molar-refractivity contribution in [2.75, 3.05) is 13.2 Å². The van der Waals surface area contributed by atoms with Gasteiger partial charge < -0.3 is 30.9 Å². The van der Waals surface area contributed by atoms with E-state index in [4.69, 9.17) is 20.7 Å². The molecule has 0 saturated carbocycles. The molecular weight excluding hydrogens is 214 g/mol. The number of nitrogens with two attached hydrogens (primary N) is 1. The van der Waals surface area contributed by atoms with Crippen molar-refractivity contribution >= 4 is 0 Å². The molecule has 6 heteroatoms. The summed E-state index contributed by atoms with van der Waals surface area (Å²) in [4.78, 5) is 0. The van der Waals surface area contributed by atoms with Gasteiger partial charge in [-0.2, -0.15) is 0 Å². The molecule has 5 unspecified atom stereocenters. The van der Waals surface area contributed by atoms with Crippen molar-refractivity contribution in [3.8, 4) is 0 Å². The second-order valence-electron chi connectivity index (χ2n) is 4.17. The van der Waals surface area contributed by atoms with E-state index in [0.29, 0.717) is 12.8 Å². The molecule has 0 bridgehead atoms. The van der Waals surface area contributed by atoms with Crippen LogP contribution >= 0.6 is 0 Å². The monoisotopic (exact) mass is 235 g/mol. The van der Waals surface area contributed by atoms with Gasteiger partial charge in [-0.15, -0.1) is 0 Å². The van der Waals surface area contributed by atoms with E-state index in [2.05, 4.69) is 0 Å². The van der Waals surface area contributed by atoms with Gasteiger partial charge >= 0.3 is 0 Å². The summed E-state index contributed by atoms with van der Waals surface area (Å²) in [6.07, 6.45) is -1.41. The van der Waals surface area contributed by atoms with E-state index in [1.165, 1.54) is 0 Å². The average Bonchev–Trinajstić information content (AvgIpc) is 2.29. The Morgan fingerprint density at radius 3 is 2.25 bits per heavy atom. The topological polar surface area (TPSA) is 116 Å². The van der Waals surface area contributed by atoms with E-state index >= 15 is 0 Å². The number of unbranched alkanes of at least 4 members (excludes halogenated alkanes) is 1. The summed E-state index contributed by atoms with van der Waals surface area (Å²) < 4.78 is 5.41. The lowest BCUT2D eigenvalue weighted by Gasteiger charge is -2.41. The van der Waals surface area contributed by atoms with E-state index in [9.17, 15) is 10.2 Å². The molecule has 0 aromatic carbocycles. The molecule has 96 valence electrons. The maximum Gasteiger partial charge on any atom is 0.110 e. The number of rotatable bonds is 5. The number of aliphatic hydroxyl groups excluding tert-OH is 4. The van der Waals surface area contributed by atoms with Crippen LogP contribution in [0.4, 0.5) is 0 Å². The molecule has 1 heterocycles. The minimum Gasteiger partial charge on any atom is -0.396 e. The van der Waals surface area contributed by atoms with Gasteiger partial charge in [0.2, 0.25) is 0 Å². The number of hydrogen-bond acceptors (Lipinski definition) is 6. The minimum absolute atomic E-state index is 0.108. The molecule has 0 amide bonds. The molecule has 0 aromatic rings. The van der Waals surface area contributed by atoms with Gasteiger partial charge in [0, 0.05) is 6.61 Å². The molecule has 1 fully saturated rings. The molecule has 1 aliphatic rings. The molecule has 5 atom stereocenters. The first kappa shape index (κ1) is 13.8. The Kier molecular flexibility index (Phi) is 5.60. The predicted molar refractivity (Wildman–Crippen MR) is 56.7 cm³/mol. The summed E-state index contributed by atoms with van der Waals surface area (Å²) in [6.45, 7) is -0.238.